The minimum absolute atomic E-state index is 0.677. The summed E-state index contributed by atoms with van der Waals surface area (Å²) < 4.78 is 1.37. The highest BCUT2D eigenvalue weighted by Gasteiger charge is 2.19. The highest BCUT2D eigenvalue weighted by atomic mass is 32.1. The molecule has 0 amide bonds. The van der Waals surface area contributed by atoms with Gasteiger partial charge in [-0.25, -0.2) is 0 Å². The van der Waals surface area contributed by atoms with Gasteiger partial charge in [0.15, 0.2) is 7.28 Å². The standard InChI is InChI=1S/C22H33BN2S/c1-3-7-11-17(12-8-4-1)19-15-21-20(16-24-19)25-22(26-21)23-18-13-9-5-2-6-10-14-18/h15-18,23H,1-14H2. The summed E-state index contributed by atoms with van der Waals surface area (Å²) >= 11 is 1.94. The molecule has 2 nitrogen and oxygen atoms in total. The average molecular weight is 368 g/mol. The molecule has 0 N–H and O–H groups in total. The predicted octanol–water partition coefficient (Wildman–Crippen LogP) is 6.11. The molecule has 2 aliphatic rings. The van der Waals surface area contributed by atoms with Crippen molar-refractivity contribution >= 4 is 33.7 Å². The second-order valence-corrected chi connectivity index (χ2v) is 9.76. The molecule has 4 heteroatoms. The third-order valence-corrected chi connectivity index (χ3v) is 7.59. The zero-order chi connectivity index (χ0) is 17.6. The third-order valence-electron chi connectivity index (χ3n) is 6.55. The van der Waals surface area contributed by atoms with Crippen molar-refractivity contribution in [1.82, 2.24) is 9.97 Å². The molecule has 0 aromatic carbocycles. The smallest absolute Gasteiger partial charge is 0.199 e. The van der Waals surface area contributed by atoms with E-state index in [1.54, 1.807) is 0 Å². The van der Waals surface area contributed by atoms with E-state index in [1.807, 2.05) is 11.3 Å². The van der Waals surface area contributed by atoms with Crippen LogP contribution in [0.4, 0.5) is 0 Å². The Morgan fingerprint density at radius 3 is 2.12 bits per heavy atom. The predicted molar refractivity (Wildman–Crippen MR) is 115 cm³/mol. The van der Waals surface area contributed by atoms with Gasteiger partial charge in [0.05, 0.1) is 21.3 Å². The fraction of sp³-hybridized carbons (Fsp3) is 0.727. The first-order valence-corrected chi connectivity index (χ1v) is 12.0. The number of rotatable bonds is 3. The molecule has 2 aliphatic carbocycles. The zero-order valence-electron chi connectivity index (χ0n) is 16.2. The Labute approximate surface area is 163 Å². The molecule has 0 aliphatic heterocycles. The number of nitrogens with zero attached hydrogens (tertiary/aromatic N) is 2. The molecule has 0 bridgehead atoms. The van der Waals surface area contributed by atoms with Gasteiger partial charge in [-0.3, -0.25) is 9.97 Å². The van der Waals surface area contributed by atoms with Gasteiger partial charge in [0.25, 0.3) is 0 Å². The van der Waals surface area contributed by atoms with Gasteiger partial charge in [-0.05, 0) is 18.9 Å². The molecule has 2 aromatic heterocycles. The van der Waals surface area contributed by atoms with Gasteiger partial charge in [-0.1, -0.05) is 82.9 Å². The molecule has 2 saturated carbocycles. The summed E-state index contributed by atoms with van der Waals surface area (Å²) in [6.45, 7) is 0. The Morgan fingerprint density at radius 1 is 0.808 bits per heavy atom. The Kier molecular flexibility index (Phi) is 6.64. The van der Waals surface area contributed by atoms with Gasteiger partial charge in [0, 0.05) is 11.6 Å². The zero-order valence-corrected chi connectivity index (χ0v) is 17.0. The van der Waals surface area contributed by atoms with Crippen LogP contribution in [-0.4, -0.2) is 17.2 Å². The monoisotopic (exact) mass is 368 g/mol. The van der Waals surface area contributed by atoms with E-state index in [0.29, 0.717) is 5.92 Å². The van der Waals surface area contributed by atoms with Crippen LogP contribution < -0.4 is 4.91 Å². The van der Waals surface area contributed by atoms with Crippen molar-refractivity contribution < 1.29 is 0 Å². The van der Waals surface area contributed by atoms with Crippen LogP contribution in [0, 0.1) is 0 Å². The molecule has 2 fully saturated rings. The van der Waals surface area contributed by atoms with Crippen LogP contribution in [0.5, 0.6) is 0 Å². The maximum Gasteiger partial charge on any atom is 0.199 e. The highest BCUT2D eigenvalue weighted by molar-refractivity contribution is 7.26. The van der Waals surface area contributed by atoms with Crippen LogP contribution in [-0.2, 0) is 0 Å². The van der Waals surface area contributed by atoms with E-state index < -0.39 is 0 Å². The normalized spacial score (nSPS) is 21.7. The lowest BCUT2D eigenvalue weighted by Crippen LogP contribution is -2.19. The number of aromatic nitrogens is 2. The first kappa shape index (κ1) is 18.5. The van der Waals surface area contributed by atoms with Gasteiger partial charge >= 0.3 is 0 Å². The Balaban J connectivity index is 1.46. The maximum absolute atomic E-state index is 4.94. The van der Waals surface area contributed by atoms with Crippen molar-refractivity contribution in [3.63, 3.8) is 0 Å². The molecule has 0 spiro atoms. The lowest BCUT2D eigenvalue weighted by Gasteiger charge is -2.18. The second-order valence-electron chi connectivity index (χ2n) is 8.64. The summed E-state index contributed by atoms with van der Waals surface area (Å²) in [6.07, 6.45) is 21.7. The van der Waals surface area contributed by atoms with Crippen molar-refractivity contribution in [1.29, 1.82) is 0 Å². The van der Waals surface area contributed by atoms with Gasteiger partial charge < -0.3 is 0 Å². The van der Waals surface area contributed by atoms with E-state index >= 15 is 0 Å². The molecule has 2 heterocycles. The minimum atomic E-state index is 0.677. The van der Waals surface area contributed by atoms with E-state index in [1.165, 1.54) is 112 Å². The van der Waals surface area contributed by atoms with Gasteiger partial charge in [-0.15, -0.1) is 11.3 Å². The summed E-state index contributed by atoms with van der Waals surface area (Å²) in [5.41, 5.74) is 2.46. The van der Waals surface area contributed by atoms with E-state index in [-0.39, 0.29) is 0 Å². The Morgan fingerprint density at radius 2 is 1.42 bits per heavy atom. The number of hydrogen-bond donors (Lipinski definition) is 0. The minimum Gasteiger partial charge on any atom is -0.259 e. The van der Waals surface area contributed by atoms with Crippen LogP contribution in [0.2, 0.25) is 5.82 Å². The molecule has 26 heavy (non-hydrogen) atoms. The Hall–Kier alpha value is -0.895. The van der Waals surface area contributed by atoms with Crippen LogP contribution in [0.1, 0.15) is 102 Å². The molecular formula is C22H33BN2S. The average Bonchev–Trinajstić information content (AvgIpc) is 2.98. The van der Waals surface area contributed by atoms with Gasteiger partial charge in [0.1, 0.15) is 0 Å². The van der Waals surface area contributed by atoms with Crippen LogP contribution in [0.25, 0.3) is 10.2 Å². The van der Waals surface area contributed by atoms with Crippen LogP contribution in [0.15, 0.2) is 12.3 Å². The third kappa shape index (κ3) is 4.88. The lowest BCUT2D eigenvalue weighted by molar-refractivity contribution is 0.450. The van der Waals surface area contributed by atoms with Crippen LogP contribution in [0.3, 0.4) is 0 Å². The second kappa shape index (κ2) is 9.35. The number of fused-ring (bicyclic) bond motifs is 1. The van der Waals surface area contributed by atoms with Gasteiger partial charge in [0.2, 0.25) is 0 Å². The van der Waals surface area contributed by atoms with Crippen molar-refractivity contribution in [3.05, 3.63) is 18.0 Å². The topological polar surface area (TPSA) is 25.8 Å². The summed E-state index contributed by atoms with van der Waals surface area (Å²) in [5.74, 6) is 1.53. The fourth-order valence-corrected chi connectivity index (χ4v) is 6.05. The molecule has 0 atom stereocenters. The number of hydrogen-bond acceptors (Lipinski definition) is 3. The summed E-state index contributed by atoms with van der Waals surface area (Å²) in [6, 6.07) is 2.38. The van der Waals surface area contributed by atoms with Crippen molar-refractivity contribution in [2.24, 2.45) is 0 Å². The molecule has 4 rings (SSSR count). The summed E-state index contributed by atoms with van der Waals surface area (Å²) in [5, 5.41) is 0. The van der Waals surface area contributed by atoms with E-state index in [4.69, 9.17) is 9.97 Å². The van der Waals surface area contributed by atoms with Crippen molar-refractivity contribution in [3.8, 4) is 0 Å². The Bertz CT molecular complexity index is 683. The highest BCUT2D eigenvalue weighted by Crippen LogP contribution is 2.32. The van der Waals surface area contributed by atoms with E-state index in [9.17, 15) is 0 Å². The molecule has 2 aromatic rings. The van der Waals surface area contributed by atoms with Crippen LogP contribution >= 0.6 is 11.3 Å². The van der Waals surface area contributed by atoms with E-state index in [0.717, 1.165) is 11.3 Å². The lowest BCUT2D eigenvalue weighted by atomic mass is 9.60. The van der Waals surface area contributed by atoms with Crippen molar-refractivity contribution in [2.75, 3.05) is 0 Å². The molecule has 0 radical (unpaired) electrons. The summed E-state index contributed by atoms with van der Waals surface area (Å²) in [7, 11) is 1.19. The summed E-state index contributed by atoms with van der Waals surface area (Å²) in [4.78, 5) is 11.1. The number of thiazole rings is 1. The largest absolute Gasteiger partial charge is 0.259 e. The van der Waals surface area contributed by atoms with Gasteiger partial charge in [-0.2, -0.15) is 0 Å². The van der Waals surface area contributed by atoms with E-state index in [2.05, 4.69) is 12.3 Å². The maximum atomic E-state index is 4.94. The van der Waals surface area contributed by atoms with Crippen molar-refractivity contribution in [2.45, 2.75) is 102 Å². The number of pyridine rings is 1. The molecule has 0 saturated heterocycles. The molecule has 140 valence electrons. The first-order chi connectivity index (χ1) is 12.9. The molecular weight excluding hydrogens is 335 g/mol. The SMILES string of the molecule is B(c1nc2cnc(C3CCCCCCC3)cc2s1)C1CCCCCCC1. The fourth-order valence-electron chi connectivity index (χ4n) is 4.95. The molecule has 0 unspecified atom stereocenters. The quantitative estimate of drug-likeness (QED) is 0.611. The first-order valence-electron chi connectivity index (χ1n) is 11.1.